The maximum absolute atomic E-state index is 2.46. The van der Waals surface area contributed by atoms with Crippen molar-refractivity contribution < 1.29 is 0 Å². The SMILES string of the molecule is c1ccc(-c2ccc(N(c3ccc4c5ccccc5n(-c5ccccc5)c4c3)c3ccc4c5c(cccc35)C43c4cccc5cccc3c45)cc2)cc1. The minimum Gasteiger partial charge on any atom is -0.310 e. The second-order valence-electron chi connectivity index (χ2n) is 14.5. The first-order chi connectivity index (χ1) is 26.3. The third-order valence-electron chi connectivity index (χ3n) is 11.9. The Balaban J connectivity index is 1.09. The van der Waals surface area contributed by atoms with Crippen LogP contribution in [0.1, 0.15) is 22.3 Å². The molecule has 12 rings (SSSR count). The number of anilines is 3. The number of para-hydroxylation sites is 2. The monoisotopic (exact) mass is 672 g/mol. The number of hydrogen-bond acceptors (Lipinski definition) is 1. The van der Waals surface area contributed by atoms with Gasteiger partial charge in [-0.15, -0.1) is 0 Å². The predicted molar refractivity (Wildman–Crippen MR) is 221 cm³/mol. The molecule has 0 aliphatic heterocycles. The molecule has 246 valence electrons. The van der Waals surface area contributed by atoms with Gasteiger partial charge in [0.05, 0.1) is 22.1 Å². The quantitative estimate of drug-likeness (QED) is 0.177. The van der Waals surface area contributed by atoms with Crippen molar-refractivity contribution in [2.24, 2.45) is 0 Å². The van der Waals surface area contributed by atoms with E-state index in [9.17, 15) is 0 Å². The highest BCUT2D eigenvalue weighted by molar-refractivity contribution is 6.15. The average Bonchev–Trinajstić information content (AvgIpc) is 3.55. The molecule has 2 heteroatoms. The van der Waals surface area contributed by atoms with Gasteiger partial charge in [-0.25, -0.2) is 0 Å². The van der Waals surface area contributed by atoms with Crippen LogP contribution in [-0.2, 0) is 5.41 Å². The number of fused-ring (bicyclic) bond motifs is 7. The summed E-state index contributed by atoms with van der Waals surface area (Å²) >= 11 is 0. The van der Waals surface area contributed by atoms with Crippen LogP contribution in [0.25, 0.3) is 60.2 Å². The standard InChI is InChI=1S/C51H32N2/c1-3-12-33(13-4-1)34-24-26-37(27-25-34)52(38-28-29-40-39-18-7-8-23-46(39)53(48(40)32-38)36-16-5-2-6-17-36)47-31-30-45-50-41(47)19-11-22-44(50)51(45)42-20-9-14-35-15-10-21-43(51)49(35)42/h1-32H. The van der Waals surface area contributed by atoms with Crippen molar-refractivity contribution in [1.29, 1.82) is 0 Å². The van der Waals surface area contributed by atoms with Crippen LogP contribution in [0.5, 0.6) is 0 Å². The van der Waals surface area contributed by atoms with Gasteiger partial charge in [-0.1, -0.05) is 146 Å². The highest BCUT2D eigenvalue weighted by Crippen LogP contribution is 2.65. The molecule has 1 heterocycles. The maximum Gasteiger partial charge on any atom is 0.0726 e. The number of hydrogen-bond donors (Lipinski definition) is 0. The smallest absolute Gasteiger partial charge is 0.0726 e. The molecule has 0 saturated carbocycles. The number of nitrogens with zero attached hydrogens (tertiary/aromatic N) is 2. The van der Waals surface area contributed by atoms with E-state index in [2.05, 4.69) is 204 Å². The van der Waals surface area contributed by atoms with E-state index in [1.807, 2.05) is 0 Å². The third-order valence-corrected chi connectivity index (χ3v) is 11.9. The number of aromatic nitrogens is 1. The van der Waals surface area contributed by atoms with Crippen molar-refractivity contribution in [1.82, 2.24) is 4.57 Å². The van der Waals surface area contributed by atoms with Crippen molar-refractivity contribution in [3.8, 4) is 16.8 Å². The average molecular weight is 673 g/mol. The fourth-order valence-corrected chi connectivity index (χ4v) is 9.74. The summed E-state index contributed by atoms with van der Waals surface area (Å²) in [5.41, 5.74) is 15.0. The van der Waals surface area contributed by atoms with Crippen LogP contribution in [0, 0.1) is 0 Å². The molecule has 9 aromatic carbocycles. The van der Waals surface area contributed by atoms with E-state index < -0.39 is 0 Å². The first kappa shape index (κ1) is 28.8. The van der Waals surface area contributed by atoms with E-state index >= 15 is 0 Å². The van der Waals surface area contributed by atoms with Gasteiger partial charge in [-0.05, 0) is 98.1 Å². The molecule has 2 aliphatic carbocycles. The maximum atomic E-state index is 2.46. The van der Waals surface area contributed by atoms with Crippen molar-refractivity contribution in [2.75, 3.05) is 4.90 Å². The van der Waals surface area contributed by atoms with Crippen LogP contribution in [0.2, 0.25) is 0 Å². The molecule has 0 unspecified atom stereocenters. The van der Waals surface area contributed by atoms with Gasteiger partial charge in [0.15, 0.2) is 0 Å². The Labute approximate surface area is 307 Å². The topological polar surface area (TPSA) is 8.17 Å². The Hall–Kier alpha value is -6.90. The van der Waals surface area contributed by atoms with Crippen LogP contribution >= 0.6 is 0 Å². The van der Waals surface area contributed by atoms with E-state index in [0.29, 0.717) is 0 Å². The van der Waals surface area contributed by atoms with Gasteiger partial charge in [0.1, 0.15) is 0 Å². The Morgan fingerprint density at radius 2 is 0.962 bits per heavy atom. The lowest BCUT2D eigenvalue weighted by Gasteiger charge is -2.52. The fourth-order valence-electron chi connectivity index (χ4n) is 9.74. The highest BCUT2D eigenvalue weighted by Gasteiger charge is 2.54. The van der Waals surface area contributed by atoms with Crippen LogP contribution in [0.4, 0.5) is 17.1 Å². The molecule has 53 heavy (non-hydrogen) atoms. The lowest BCUT2D eigenvalue weighted by atomic mass is 9.49. The summed E-state index contributed by atoms with van der Waals surface area (Å²) in [5.74, 6) is 0. The van der Waals surface area contributed by atoms with E-state index in [1.165, 1.54) is 82.4 Å². The van der Waals surface area contributed by atoms with Crippen molar-refractivity contribution >= 4 is 60.4 Å². The Kier molecular flexibility index (Phi) is 5.73. The summed E-state index contributed by atoms with van der Waals surface area (Å²) in [4.78, 5) is 2.46. The van der Waals surface area contributed by atoms with Crippen molar-refractivity contribution in [3.05, 3.63) is 216 Å². The normalized spacial score (nSPS) is 13.4. The third kappa shape index (κ3) is 3.72. The largest absolute Gasteiger partial charge is 0.310 e. The molecule has 0 saturated heterocycles. The van der Waals surface area contributed by atoms with Crippen molar-refractivity contribution in [3.63, 3.8) is 0 Å². The Morgan fingerprint density at radius 1 is 0.377 bits per heavy atom. The van der Waals surface area contributed by atoms with Gasteiger partial charge in [-0.3, -0.25) is 0 Å². The minimum atomic E-state index is -0.152. The minimum absolute atomic E-state index is 0.152. The molecule has 0 fully saturated rings. The Bertz CT molecular complexity index is 3050. The lowest BCUT2D eigenvalue weighted by Crippen LogP contribution is -2.43. The van der Waals surface area contributed by atoms with E-state index in [1.54, 1.807) is 0 Å². The van der Waals surface area contributed by atoms with Gasteiger partial charge < -0.3 is 9.47 Å². The van der Waals surface area contributed by atoms with Crippen LogP contribution in [0.15, 0.2) is 194 Å². The van der Waals surface area contributed by atoms with Gasteiger partial charge in [0.2, 0.25) is 0 Å². The summed E-state index contributed by atoms with van der Waals surface area (Å²) < 4.78 is 2.41. The molecule has 0 bridgehead atoms. The van der Waals surface area contributed by atoms with Gasteiger partial charge >= 0.3 is 0 Å². The fraction of sp³-hybridized carbons (Fsp3) is 0.0196. The summed E-state index contributed by atoms with van der Waals surface area (Å²) in [5, 5.41) is 7.91. The molecular weight excluding hydrogens is 641 g/mol. The molecule has 1 aromatic heterocycles. The zero-order valence-electron chi connectivity index (χ0n) is 28.9. The second kappa shape index (κ2) is 10.6. The molecule has 0 atom stereocenters. The Morgan fingerprint density at radius 3 is 1.74 bits per heavy atom. The molecule has 2 nitrogen and oxygen atoms in total. The zero-order valence-corrected chi connectivity index (χ0v) is 28.9. The van der Waals surface area contributed by atoms with Gasteiger partial charge in [0.25, 0.3) is 0 Å². The number of benzene rings is 9. The zero-order chi connectivity index (χ0) is 34.7. The van der Waals surface area contributed by atoms with Crippen molar-refractivity contribution in [2.45, 2.75) is 5.41 Å². The molecule has 0 amide bonds. The van der Waals surface area contributed by atoms with Gasteiger partial charge in [-0.2, -0.15) is 0 Å². The molecule has 0 radical (unpaired) electrons. The predicted octanol–water partition coefficient (Wildman–Crippen LogP) is 13.2. The summed E-state index contributed by atoms with van der Waals surface area (Å²) in [7, 11) is 0. The second-order valence-corrected chi connectivity index (χ2v) is 14.5. The summed E-state index contributed by atoms with van der Waals surface area (Å²) in [6.45, 7) is 0. The molecule has 10 aromatic rings. The summed E-state index contributed by atoms with van der Waals surface area (Å²) in [6.07, 6.45) is 0. The lowest BCUT2D eigenvalue weighted by molar-refractivity contribution is 0.701. The van der Waals surface area contributed by atoms with E-state index in [-0.39, 0.29) is 5.41 Å². The van der Waals surface area contributed by atoms with Gasteiger partial charge in [0, 0.05) is 33.2 Å². The molecule has 1 spiro atoms. The molecular formula is C51H32N2. The first-order valence-electron chi connectivity index (χ1n) is 18.4. The number of rotatable bonds is 5. The highest BCUT2D eigenvalue weighted by atomic mass is 15.1. The summed E-state index contributed by atoms with van der Waals surface area (Å²) in [6, 6.07) is 71.5. The van der Waals surface area contributed by atoms with E-state index in [0.717, 1.165) is 17.1 Å². The first-order valence-corrected chi connectivity index (χ1v) is 18.4. The molecule has 0 N–H and O–H groups in total. The van der Waals surface area contributed by atoms with Crippen LogP contribution in [-0.4, -0.2) is 4.57 Å². The molecule has 2 aliphatic rings. The van der Waals surface area contributed by atoms with E-state index in [4.69, 9.17) is 0 Å². The van der Waals surface area contributed by atoms with Crippen LogP contribution in [0.3, 0.4) is 0 Å². The van der Waals surface area contributed by atoms with Crippen LogP contribution < -0.4 is 4.90 Å².